The Kier molecular flexibility index (Phi) is 3.66. The molecular formula is C14H11FN4O3S. The Balaban J connectivity index is 2.09. The van der Waals surface area contributed by atoms with Gasteiger partial charge in [-0.15, -0.1) is 5.10 Å². The standard InChI is InChI=1S/C14H11FN4O3S/c1-9-17-14(10-2-4-11(15)5-3-10)19(18-9)13-7-6-12(8-16-13)23(20,21)22/h2-8H,1H3,(H,20,21,22). The van der Waals surface area contributed by atoms with Crippen molar-refractivity contribution in [1.29, 1.82) is 0 Å². The highest BCUT2D eigenvalue weighted by molar-refractivity contribution is 7.85. The molecule has 0 spiro atoms. The van der Waals surface area contributed by atoms with Gasteiger partial charge in [-0.2, -0.15) is 13.1 Å². The summed E-state index contributed by atoms with van der Waals surface area (Å²) < 4.78 is 45.5. The molecule has 0 atom stereocenters. The van der Waals surface area contributed by atoms with E-state index in [1.807, 2.05) is 0 Å². The lowest BCUT2D eigenvalue weighted by Gasteiger charge is -2.05. The number of hydrogen-bond acceptors (Lipinski definition) is 5. The highest BCUT2D eigenvalue weighted by atomic mass is 32.2. The quantitative estimate of drug-likeness (QED) is 0.736. The maximum atomic E-state index is 13.1. The van der Waals surface area contributed by atoms with Gasteiger partial charge in [-0.1, -0.05) is 0 Å². The van der Waals surface area contributed by atoms with Gasteiger partial charge in [0.05, 0.1) is 6.20 Å². The minimum atomic E-state index is -4.31. The van der Waals surface area contributed by atoms with Crippen LogP contribution in [-0.4, -0.2) is 32.7 Å². The van der Waals surface area contributed by atoms with Crippen LogP contribution in [0.1, 0.15) is 5.82 Å². The van der Waals surface area contributed by atoms with Crippen LogP contribution in [0.4, 0.5) is 4.39 Å². The van der Waals surface area contributed by atoms with Crippen molar-refractivity contribution in [1.82, 2.24) is 19.7 Å². The first-order valence-corrected chi connectivity index (χ1v) is 7.92. The average Bonchev–Trinajstić information content (AvgIpc) is 2.89. The summed E-state index contributed by atoms with van der Waals surface area (Å²) in [5.41, 5.74) is 0.632. The van der Waals surface area contributed by atoms with Gasteiger partial charge in [0.25, 0.3) is 10.1 Å². The van der Waals surface area contributed by atoms with Gasteiger partial charge in [0.2, 0.25) is 0 Å². The molecule has 0 saturated carbocycles. The van der Waals surface area contributed by atoms with Crippen LogP contribution in [-0.2, 0) is 10.1 Å². The first kappa shape index (κ1) is 15.3. The van der Waals surface area contributed by atoms with E-state index in [2.05, 4.69) is 15.1 Å². The van der Waals surface area contributed by atoms with Crippen LogP contribution in [0.15, 0.2) is 47.5 Å². The van der Waals surface area contributed by atoms with Crippen LogP contribution < -0.4 is 0 Å². The predicted octanol–water partition coefficient (Wildman–Crippen LogP) is 2.02. The minimum absolute atomic E-state index is 0.317. The van der Waals surface area contributed by atoms with Crippen molar-refractivity contribution in [3.8, 4) is 17.2 Å². The van der Waals surface area contributed by atoms with Crippen LogP contribution in [0.3, 0.4) is 0 Å². The Morgan fingerprint density at radius 2 is 1.83 bits per heavy atom. The molecule has 2 aromatic heterocycles. The maximum absolute atomic E-state index is 13.1. The fourth-order valence-electron chi connectivity index (χ4n) is 2.01. The molecular weight excluding hydrogens is 323 g/mol. The maximum Gasteiger partial charge on any atom is 0.296 e. The Morgan fingerprint density at radius 1 is 1.13 bits per heavy atom. The van der Waals surface area contributed by atoms with Crippen LogP contribution in [0.25, 0.3) is 17.2 Å². The van der Waals surface area contributed by atoms with Gasteiger partial charge >= 0.3 is 0 Å². The highest BCUT2D eigenvalue weighted by Gasteiger charge is 2.15. The molecule has 0 bridgehead atoms. The van der Waals surface area contributed by atoms with Gasteiger partial charge < -0.3 is 0 Å². The molecule has 0 unspecified atom stereocenters. The summed E-state index contributed by atoms with van der Waals surface area (Å²) in [7, 11) is -4.31. The first-order valence-electron chi connectivity index (χ1n) is 6.48. The first-order chi connectivity index (χ1) is 10.8. The summed E-state index contributed by atoms with van der Waals surface area (Å²) in [4.78, 5) is 7.94. The van der Waals surface area contributed by atoms with Crippen molar-refractivity contribution >= 4 is 10.1 Å². The fraction of sp³-hybridized carbons (Fsp3) is 0.0714. The number of benzene rings is 1. The fourth-order valence-corrected chi connectivity index (χ4v) is 2.44. The second-order valence-electron chi connectivity index (χ2n) is 4.73. The molecule has 3 rings (SSSR count). The lowest BCUT2D eigenvalue weighted by molar-refractivity contribution is 0.482. The predicted molar refractivity (Wildman–Crippen MR) is 79.1 cm³/mol. The molecule has 0 aliphatic rings. The van der Waals surface area contributed by atoms with E-state index in [1.165, 1.54) is 28.9 Å². The van der Waals surface area contributed by atoms with E-state index in [-0.39, 0.29) is 10.7 Å². The third-order valence-electron chi connectivity index (χ3n) is 3.05. The topological polar surface area (TPSA) is 98.0 Å². The molecule has 0 saturated heterocycles. The third-order valence-corrected chi connectivity index (χ3v) is 3.89. The Labute approximate surface area is 131 Å². The zero-order valence-corrected chi connectivity index (χ0v) is 12.7. The zero-order chi connectivity index (χ0) is 16.6. The van der Waals surface area contributed by atoms with E-state index < -0.39 is 10.1 Å². The lowest BCUT2D eigenvalue weighted by Crippen LogP contribution is -2.04. The molecule has 3 aromatic rings. The number of aryl methyl sites for hydroxylation is 1. The summed E-state index contributed by atoms with van der Waals surface area (Å²) in [5, 5.41) is 4.21. The monoisotopic (exact) mass is 334 g/mol. The number of aromatic nitrogens is 4. The van der Waals surface area contributed by atoms with Crippen molar-refractivity contribution in [3.63, 3.8) is 0 Å². The van der Waals surface area contributed by atoms with Gasteiger partial charge in [0.15, 0.2) is 11.6 Å². The summed E-state index contributed by atoms with van der Waals surface area (Å²) in [6.45, 7) is 1.69. The molecule has 0 fully saturated rings. The molecule has 118 valence electrons. The smallest absolute Gasteiger partial charge is 0.282 e. The van der Waals surface area contributed by atoms with Crippen molar-refractivity contribution in [3.05, 3.63) is 54.2 Å². The van der Waals surface area contributed by atoms with Crippen molar-refractivity contribution in [2.45, 2.75) is 11.8 Å². The van der Waals surface area contributed by atoms with Crippen LogP contribution >= 0.6 is 0 Å². The largest absolute Gasteiger partial charge is 0.296 e. The normalized spacial score (nSPS) is 11.6. The van der Waals surface area contributed by atoms with Crippen LogP contribution in [0.2, 0.25) is 0 Å². The summed E-state index contributed by atoms with van der Waals surface area (Å²) in [5.74, 6) is 0.865. The SMILES string of the molecule is Cc1nc(-c2ccc(F)cc2)n(-c2ccc(S(=O)(=O)O)cn2)n1. The Hall–Kier alpha value is -2.65. The second kappa shape index (κ2) is 5.52. The number of pyridine rings is 1. The zero-order valence-electron chi connectivity index (χ0n) is 11.9. The number of halogens is 1. The summed E-state index contributed by atoms with van der Waals surface area (Å²) in [6, 6.07) is 8.33. The molecule has 1 aromatic carbocycles. The highest BCUT2D eigenvalue weighted by Crippen LogP contribution is 2.21. The van der Waals surface area contributed by atoms with Crippen LogP contribution in [0.5, 0.6) is 0 Å². The number of rotatable bonds is 3. The molecule has 0 amide bonds. The molecule has 0 aliphatic carbocycles. The summed E-state index contributed by atoms with van der Waals surface area (Å²) in [6.07, 6.45) is 1.02. The average molecular weight is 334 g/mol. The number of nitrogens with zero attached hydrogens (tertiary/aromatic N) is 4. The molecule has 2 heterocycles. The van der Waals surface area contributed by atoms with E-state index in [4.69, 9.17) is 4.55 Å². The molecule has 0 aliphatic heterocycles. The third kappa shape index (κ3) is 3.10. The van der Waals surface area contributed by atoms with Crippen LogP contribution in [0, 0.1) is 12.7 Å². The molecule has 23 heavy (non-hydrogen) atoms. The van der Waals surface area contributed by atoms with E-state index in [1.54, 1.807) is 19.1 Å². The van der Waals surface area contributed by atoms with E-state index in [0.717, 1.165) is 6.20 Å². The van der Waals surface area contributed by atoms with Gasteiger partial charge in [0, 0.05) is 5.56 Å². The van der Waals surface area contributed by atoms with Gasteiger partial charge in [0.1, 0.15) is 16.5 Å². The minimum Gasteiger partial charge on any atom is -0.282 e. The van der Waals surface area contributed by atoms with E-state index >= 15 is 0 Å². The van der Waals surface area contributed by atoms with Gasteiger partial charge in [-0.3, -0.25) is 4.55 Å². The number of hydrogen-bond donors (Lipinski definition) is 1. The van der Waals surface area contributed by atoms with E-state index in [9.17, 15) is 12.8 Å². The Bertz CT molecular complexity index is 951. The summed E-state index contributed by atoms with van der Waals surface area (Å²) >= 11 is 0. The second-order valence-corrected chi connectivity index (χ2v) is 6.15. The van der Waals surface area contributed by atoms with Crippen molar-refractivity contribution in [2.24, 2.45) is 0 Å². The molecule has 7 nitrogen and oxygen atoms in total. The molecule has 1 N–H and O–H groups in total. The van der Waals surface area contributed by atoms with Crippen molar-refractivity contribution < 1.29 is 17.4 Å². The van der Waals surface area contributed by atoms with Crippen molar-refractivity contribution in [2.75, 3.05) is 0 Å². The van der Waals surface area contributed by atoms with Gasteiger partial charge in [-0.05, 0) is 43.3 Å². The van der Waals surface area contributed by atoms with E-state index in [0.29, 0.717) is 23.0 Å². The Morgan fingerprint density at radius 3 is 2.39 bits per heavy atom. The molecule has 0 radical (unpaired) electrons. The lowest BCUT2D eigenvalue weighted by atomic mass is 10.2. The van der Waals surface area contributed by atoms with Gasteiger partial charge in [-0.25, -0.2) is 14.4 Å². The molecule has 9 heteroatoms.